The summed E-state index contributed by atoms with van der Waals surface area (Å²) in [6.07, 6.45) is 1.23. The van der Waals surface area contributed by atoms with Gasteiger partial charge in [0.05, 0.1) is 6.61 Å². The number of hydrogen-bond donors (Lipinski definition) is 1. The molecule has 0 saturated carbocycles. The molecule has 0 aromatic rings. The summed E-state index contributed by atoms with van der Waals surface area (Å²) in [5.74, 6) is 0.157. The van der Waals surface area contributed by atoms with Gasteiger partial charge in [-0.3, -0.25) is 0 Å². The van der Waals surface area contributed by atoms with Gasteiger partial charge in [0.2, 0.25) is 0 Å². The molecule has 14 heavy (non-hydrogen) atoms. The molecule has 0 spiro atoms. The molecule has 2 unspecified atom stereocenters. The minimum atomic E-state index is -4.13. The largest absolute Gasteiger partial charge is 0.441 e. The highest BCUT2D eigenvalue weighted by Crippen LogP contribution is 2.32. The van der Waals surface area contributed by atoms with E-state index in [2.05, 4.69) is 0 Å². The second kappa shape index (κ2) is 5.23. The number of ether oxygens (including phenoxy) is 1. The molecule has 0 radical (unpaired) electrons. The molecule has 1 saturated heterocycles. The van der Waals surface area contributed by atoms with Crippen molar-refractivity contribution >= 4 is 11.8 Å². The molecule has 1 aliphatic rings. The highest BCUT2D eigenvalue weighted by atomic mass is 32.2. The van der Waals surface area contributed by atoms with Crippen molar-refractivity contribution in [1.82, 2.24) is 0 Å². The average molecular weight is 229 g/mol. The first-order chi connectivity index (χ1) is 6.49. The summed E-state index contributed by atoms with van der Waals surface area (Å²) in [6, 6.07) is -0.00224. The zero-order chi connectivity index (χ0) is 10.6. The first-order valence-electron chi connectivity index (χ1n) is 4.53. The summed E-state index contributed by atoms with van der Waals surface area (Å²) in [6.45, 7) is 1.13. The van der Waals surface area contributed by atoms with Crippen molar-refractivity contribution in [2.75, 3.05) is 19.0 Å². The maximum Gasteiger partial charge on any atom is 0.441 e. The fourth-order valence-corrected chi connectivity index (χ4v) is 2.09. The number of halogens is 3. The van der Waals surface area contributed by atoms with Gasteiger partial charge in [-0.05, 0) is 18.8 Å². The van der Waals surface area contributed by atoms with E-state index in [0.29, 0.717) is 19.6 Å². The lowest BCUT2D eigenvalue weighted by molar-refractivity contribution is -0.0330. The van der Waals surface area contributed by atoms with Crippen molar-refractivity contribution in [1.29, 1.82) is 0 Å². The Morgan fingerprint density at radius 1 is 1.43 bits per heavy atom. The molecule has 84 valence electrons. The van der Waals surface area contributed by atoms with Crippen LogP contribution in [0, 0.1) is 5.92 Å². The Labute approximate surface area is 85.4 Å². The standard InChI is InChI=1S/C8H14F3NOS/c9-8(10,11)14-4-2-6-5-13-3-1-7(6)12/h6-7H,1-5,12H2. The molecule has 0 aromatic heterocycles. The Kier molecular flexibility index (Phi) is 4.53. The van der Waals surface area contributed by atoms with E-state index in [4.69, 9.17) is 10.5 Å². The average Bonchev–Trinajstić information content (AvgIpc) is 2.06. The highest BCUT2D eigenvalue weighted by molar-refractivity contribution is 8.00. The molecule has 0 amide bonds. The van der Waals surface area contributed by atoms with Crippen molar-refractivity contribution in [2.24, 2.45) is 11.7 Å². The molecular weight excluding hydrogens is 215 g/mol. The molecule has 0 bridgehead atoms. The second-order valence-corrected chi connectivity index (χ2v) is 4.53. The van der Waals surface area contributed by atoms with E-state index in [1.807, 2.05) is 0 Å². The van der Waals surface area contributed by atoms with Crippen molar-refractivity contribution in [3.8, 4) is 0 Å². The minimum absolute atomic E-state index is 0.00224. The first-order valence-corrected chi connectivity index (χ1v) is 5.51. The predicted octanol–water partition coefficient (Wildman–Crippen LogP) is 1.99. The topological polar surface area (TPSA) is 35.2 Å². The molecular formula is C8H14F3NOS. The second-order valence-electron chi connectivity index (χ2n) is 3.37. The molecule has 2 atom stereocenters. The normalized spacial score (nSPS) is 29.1. The smallest absolute Gasteiger partial charge is 0.381 e. The quantitative estimate of drug-likeness (QED) is 0.803. The van der Waals surface area contributed by atoms with Gasteiger partial charge in [-0.15, -0.1) is 0 Å². The molecule has 2 nitrogen and oxygen atoms in total. The van der Waals surface area contributed by atoms with Gasteiger partial charge >= 0.3 is 5.51 Å². The van der Waals surface area contributed by atoms with E-state index in [1.165, 1.54) is 0 Å². The van der Waals surface area contributed by atoms with E-state index < -0.39 is 5.51 Å². The maximum atomic E-state index is 11.8. The maximum absolute atomic E-state index is 11.8. The molecule has 1 fully saturated rings. The van der Waals surface area contributed by atoms with E-state index >= 15 is 0 Å². The Bertz CT molecular complexity index is 176. The van der Waals surface area contributed by atoms with Gasteiger partial charge in [0.1, 0.15) is 0 Å². The molecule has 1 heterocycles. The lowest BCUT2D eigenvalue weighted by Gasteiger charge is -2.28. The summed E-state index contributed by atoms with van der Waals surface area (Å²) in [5, 5.41) is 0. The van der Waals surface area contributed by atoms with Crippen LogP contribution in [0.3, 0.4) is 0 Å². The Balaban J connectivity index is 2.17. The third-order valence-electron chi connectivity index (χ3n) is 2.29. The minimum Gasteiger partial charge on any atom is -0.381 e. The molecule has 6 heteroatoms. The van der Waals surface area contributed by atoms with E-state index in [-0.39, 0.29) is 29.5 Å². The third kappa shape index (κ3) is 4.52. The van der Waals surface area contributed by atoms with Crippen LogP contribution in [0.1, 0.15) is 12.8 Å². The summed E-state index contributed by atoms with van der Waals surface area (Å²) in [7, 11) is 0. The summed E-state index contributed by atoms with van der Waals surface area (Å²) in [5.41, 5.74) is 1.63. The lowest BCUT2D eigenvalue weighted by Crippen LogP contribution is -2.38. The number of nitrogens with two attached hydrogens (primary N) is 1. The van der Waals surface area contributed by atoms with Gasteiger partial charge in [0.25, 0.3) is 0 Å². The number of alkyl halides is 3. The fourth-order valence-electron chi connectivity index (χ4n) is 1.44. The Hall–Kier alpha value is 0.0600. The summed E-state index contributed by atoms with van der Waals surface area (Å²) in [4.78, 5) is 0. The van der Waals surface area contributed by atoms with Crippen LogP contribution in [-0.2, 0) is 4.74 Å². The zero-order valence-electron chi connectivity index (χ0n) is 7.72. The lowest BCUT2D eigenvalue weighted by atomic mass is 9.94. The van der Waals surface area contributed by atoms with Crippen LogP contribution >= 0.6 is 11.8 Å². The first kappa shape index (κ1) is 12.1. The zero-order valence-corrected chi connectivity index (χ0v) is 8.53. The van der Waals surface area contributed by atoms with Crippen LogP contribution < -0.4 is 5.73 Å². The molecule has 1 rings (SSSR count). The molecule has 2 N–H and O–H groups in total. The van der Waals surface area contributed by atoms with Crippen molar-refractivity contribution in [3.63, 3.8) is 0 Å². The van der Waals surface area contributed by atoms with Gasteiger partial charge in [0.15, 0.2) is 0 Å². The van der Waals surface area contributed by atoms with Crippen LogP contribution in [0.5, 0.6) is 0 Å². The Morgan fingerprint density at radius 2 is 2.14 bits per heavy atom. The fraction of sp³-hybridized carbons (Fsp3) is 1.00. The van der Waals surface area contributed by atoms with E-state index in [9.17, 15) is 13.2 Å². The number of hydrogen-bond acceptors (Lipinski definition) is 3. The van der Waals surface area contributed by atoms with Crippen LogP contribution in [0.25, 0.3) is 0 Å². The van der Waals surface area contributed by atoms with Crippen LogP contribution in [0.15, 0.2) is 0 Å². The third-order valence-corrected chi connectivity index (χ3v) is 3.05. The number of rotatable bonds is 3. The van der Waals surface area contributed by atoms with Crippen LogP contribution in [0.2, 0.25) is 0 Å². The molecule has 0 aliphatic carbocycles. The molecule has 1 aliphatic heterocycles. The van der Waals surface area contributed by atoms with Gasteiger partial charge in [-0.25, -0.2) is 0 Å². The van der Waals surface area contributed by atoms with Gasteiger partial charge < -0.3 is 10.5 Å². The summed E-state index contributed by atoms with van der Waals surface area (Å²) < 4.78 is 40.6. The van der Waals surface area contributed by atoms with Gasteiger partial charge in [-0.1, -0.05) is 11.8 Å². The Morgan fingerprint density at radius 3 is 2.71 bits per heavy atom. The van der Waals surface area contributed by atoms with Crippen LogP contribution in [-0.4, -0.2) is 30.5 Å². The monoisotopic (exact) mass is 229 g/mol. The molecule has 0 aromatic carbocycles. The van der Waals surface area contributed by atoms with Crippen molar-refractivity contribution in [3.05, 3.63) is 0 Å². The van der Waals surface area contributed by atoms with Gasteiger partial charge in [0, 0.05) is 18.4 Å². The van der Waals surface area contributed by atoms with Crippen molar-refractivity contribution < 1.29 is 17.9 Å². The summed E-state index contributed by atoms with van der Waals surface area (Å²) >= 11 is 0.0181. The van der Waals surface area contributed by atoms with E-state index in [0.717, 1.165) is 6.42 Å². The van der Waals surface area contributed by atoms with E-state index in [1.54, 1.807) is 0 Å². The predicted molar refractivity (Wildman–Crippen MR) is 50.0 cm³/mol. The van der Waals surface area contributed by atoms with Crippen molar-refractivity contribution in [2.45, 2.75) is 24.4 Å². The number of thioether (sulfide) groups is 1. The SMILES string of the molecule is NC1CCOCC1CCSC(F)(F)F. The van der Waals surface area contributed by atoms with Gasteiger partial charge in [-0.2, -0.15) is 13.2 Å². The van der Waals surface area contributed by atoms with Crippen LogP contribution in [0.4, 0.5) is 13.2 Å². The highest BCUT2D eigenvalue weighted by Gasteiger charge is 2.29.